The van der Waals surface area contributed by atoms with Gasteiger partial charge in [-0.25, -0.2) is 0 Å². The van der Waals surface area contributed by atoms with E-state index in [0.29, 0.717) is 0 Å². The predicted molar refractivity (Wildman–Crippen MR) is 67.9 cm³/mol. The third-order valence-electron chi connectivity index (χ3n) is 3.62. The molecule has 0 aromatic rings. The molecule has 94 valence electrons. The molecule has 2 aliphatic rings. The molecule has 2 saturated heterocycles. The second-order valence-corrected chi connectivity index (χ2v) is 4.89. The fourth-order valence-electron chi connectivity index (χ4n) is 2.54. The van der Waals surface area contributed by atoms with Gasteiger partial charge in [0, 0.05) is 52.4 Å². The number of nitrogens with one attached hydrogen (secondary N) is 2. The van der Waals surface area contributed by atoms with Crippen LogP contribution in [0.4, 0.5) is 0 Å². The molecule has 0 atom stereocenters. The van der Waals surface area contributed by atoms with Crippen LogP contribution in [-0.4, -0.2) is 75.2 Å². The average molecular weight is 226 g/mol. The lowest BCUT2D eigenvalue weighted by molar-refractivity contribution is 0.213. The largest absolute Gasteiger partial charge is 0.314 e. The average Bonchev–Trinajstić information content (AvgIpc) is 2.37. The molecule has 0 aliphatic carbocycles. The highest BCUT2D eigenvalue weighted by molar-refractivity contribution is 4.69. The summed E-state index contributed by atoms with van der Waals surface area (Å²) in [6, 6.07) is 0. The van der Waals surface area contributed by atoms with Crippen molar-refractivity contribution in [2.24, 2.45) is 0 Å². The Balaban J connectivity index is 1.47. The minimum Gasteiger partial charge on any atom is -0.314 e. The summed E-state index contributed by atoms with van der Waals surface area (Å²) in [7, 11) is 0. The first-order chi connectivity index (χ1) is 7.95. The zero-order chi connectivity index (χ0) is 11.1. The van der Waals surface area contributed by atoms with Crippen LogP contribution in [-0.2, 0) is 0 Å². The van der Waals surface area contributed by atoms with Crippen LogP contribution < -0.4 is 10.6 Å². The van der Waals surface area contributed by atoms with E-state index >= 15 is 0 Å². The van der Waals surface area contributed by atoms with Gasteiger partial charge in [0.05, 0.1) is 0 Å². The topological polar surface area (TPSA) is 30.5 Å². The van der Waals surface area contributed by atoms with Crippen LogP contribution in [0.5, 0.6) is 0 Å². The monoisotopic (exact) mass is 226 g/mol. The highest BCUT2D eigenvalue weighted by Gasteiger charge is 2.10. The maximum atomic E-state index is 3.40. The van der Waals surface area contributed by atoms with Gasteiger partial charge in [-0.05, 0) is 25.9 Å². The van der Waals surface area contributed by atoms with Crippen LogP contribution in [0.15, 0.2) is 0 Å². The molecule has 0 aromatic heterocycles. The van der Waals surface area contributed by atoms with E-state index in [9.17, 15) is 0 Å². The Kier molecular flexibility index (Phi) is 5.55. The SMILES string of the molecule is C(CCN1CCNCC1)CN1CCNCC1. The second-order valence-electron chi connectivity index (χ2n) is 4.89. The summed E-state index contributed by atoms with van der Waals surface area (Å²) in [5.74, 6) is 0. The fourth-order valence-corrected chi connectivity index (χ4v) is 2.54. The highest BCUT2D eigenvalue weighted by Crippen LogP contribution is 2.00. The molecule has 2 fully saturated rings. The molecule has 2 aliphatic heterocycles. The Morgan fingerprint density at radius 3 is 1.38 bits per heavy atom. The van der Waals surface area contributed by atoms with Gasteiger partial charge in [0.25, 0.3) is 0 Å². The summed E-state index contributed by atoms with van der Waals surface area (Å²) in [5.41, 5.74) is 0. The molecular formula is C12H26N4. The molecule has 0 bridgehead atoms. The molecule has 0 radical (unpaired) electrons. The van der Waals surface area contributed by atoms with Gasteiger partial charge >= 0.3 is 0 Å². The highest BCUT2D eigenvalue weighted by atomic mass is 15.2. The van der Waals surface area contributed by atoms with Crippen LogP contribution in [0.3, 0.4) is 0 Å². The molecule has 0 saturated carbocycles. The van der Waals surface area contributed by atoms with Crippen molar-refractivity contribution in [3.63, 3.8) is 0 Å². The van der Waals surface area contributed by atoms with E-state index in [1.165, 1.54) is 78.3 Å². The van der Waals surface area contributed by atoms with Crippen LogP contribution in [0.25, 0.3) is 0 Å². The van der Waals surface area contributed by atoms with E-state index in [-0.39, 0.29) is 0 Å². The first-order valence-electron chi connectivity index (χ1n) is 6.81. The van der Waals surface area contributed by atoms with E-state index in [2.05, 4.69) is 20.4 Å². The van der Waals surface area contributed by atoms with Crippen molar-refractivity contribution in [3.8, 4) is 0 Å². The van der Waals surface area contributed by atoms with E-state index in [1.807, 2.05) is 0 Å². The third-order valence-corrected chi connectivity index (χ3v) is 3.62. The molecular weight excluding hydrogens is 200 g/mol. The van der Waals surface area contributed by atoms with Crippen molar-refractivity contribution in [3.05, 3.63) is 0 Å². The lowest BCUT2D eigenvalue weighted by atomic mass is 10.2. The van der Waals surface area contributed by atoms with Crippen molar-refractivity contribution in [1.82, 2.24) is 20.4 Å². The summed E-state index contributed by atoms with van der Waals surface area (Å²) >= 11 is 0. The van der Waals surface area contributed by atoms with E-state index in [4.69, 9.17) is 0 Å². The van der Waals surface area contributed by atoms with Crippen LogP contribution >= 0.6 is 0 Å². The Morgan fingerprint density at radius 2 is 1.00 bits per heavy atom. The number of unbranched alkanes of at least 4 members (excludes halogenated alkanes) is 1. The zero-order valence-corrected chi connectivity index (χ0v) is 10.4. The van der Waals surface area contributed by atoms with Gasteiger partial charge < -0.3 is 20.4 Å². The molecule has 4 heteroatoms. The van der Waals surface area contributed by atoms with Gasteiger partial charge in [0.2, 0.25) is 0 Å². The molecule has 16 heavy (non-hydrogen) atoms. The Labute approximate surface area is 99.4 Å². The number of rotatable bonds is 5. The first-order valence-corrected chi connectivity index (χ1v) is 6.81. The summed E-state index contributed by atoms with van der Waals surface area (Å²) < 4.78 is 0. The van der Waals surface area contributed by atoms with Crippen molar-refractivity contribution < 1.29 is 0 Å². The summed E-state index contributed by atoms with van der Waals surface area (Å²) in [5, 5.41) is 6.80. The van der Waals surface area contributed by atoms with Crippen molar-refractivity contribution >= 4 is 0 Å². The summed E-state index contributed by atoms with van der Waals surface area (Å²) in [6.45, 7) is 12.3. The fraction of sp³-hybridized carbons (Fsp3) is 1.00. The lowest BCUT2D eigenvalue weighted by Gasteiger charge is -2.29. The van der Waals surface area contributed by atoms with Crippen molar-refractivity contribution in [2.45, 2.75) is 12.8 Å². The normalized spacial score (nSPS) is 24.8. The molecule has 2 heterocycles. The molecule has 0 spiro atoms. The quantitative estimate of drug-likeness (QED) is 0.623. The lowest BCUT2D eigenvalue weighted by Crippen LogP contribution is -2.45. The molecule has 0 amide bonds. The molecule has 2 rings (SSSR count). The molecule has 0 unspecified atom stereocenters. The van der Waals surface area contributed by atoms with Crippen molar-refractivity contribution in [2.75, 3.05) is 65.4 Å². The predicted octanol–water partition coefficient (Wildman–Crippen LogP) is -0.423. The van der Waals surface area contributed by atoms with Crippen molar-refractivity contribution in [1.29, 1.82) is 0 Å². The second kappa shape index (κ2) is 7.22. The summed E-state index contributed by atoms with van der Waals surface area (Å²) in [4.78, 5) is 5.18. The number of hydrogen-bond donors (Lipinski definition) is 2. The number of piperazine rings is 2. The number of nitrogens with zero attached hydrogens (tertiary/aromatic N) is 2. The van der Waals surface area contributed by atoms with Gasteiger partial charge in [-0.15, -0.1) is 0 Å². The van der Waals surface area contributed by atoms with Crippen LogP contribution in [0.2, 0.25) is 0 Å². The van der Waals surface area contributed by atoms with E-state index in [0.717, 1.165) is 0 Å². The van der Waals surface area contributed by atoms with Crippen LogP contribution in [0, 0.1) is 0 Å². The van der Waals surface area contributed by atoms with Gasteiger partial charge in [-0.3, -0.25) is 0 Å². The van der Waals surface area contributed by atoms with Gasteiger partial charge in [-0.2, -0.15) is 0 Å². The first kappa shape index (κ1) is 12.3. The van der Waals surface area contributed by atoms with Gasteiger partial charge in [0.15, 0.2) is 0 Å². The standard InChI is InChI=1S/C12H26N4/c1(7-15-9-3-13-4-10-15)2-8-16-11-5-14-6-12-16/h13-14H,1-12H2. The number of hydrogen-bond acceptors (Lipinski definition) is 4. The van der Waals surface area contributed by atoms with E-state index < -0.39 is 0 Å². The minimum absolute atomic E-state index is 1.18. The maximum Gasteiger partial charge on any atom is 0.0107 e. The Bertz CT molecular complexity index is 154. The van der Waals surface area contributed by atoms with Gasteiger partial charge in [0.1, 0.15) is 0 Å². The maximum absolute atomic E-state index is 3.40. The Hall–Kier alpha value is -0.160. The summed E-state index contributed by atoms with van der Waals surface area (Å²) in [6.07, 6.45) is 2.73. The molecule has 4 nitrogen and oxygen atoms in total. The van der Waals surface area contributed by atoms with Gasteiger partial charge in [-0.1, -0.05) is 0 Å². The smallest absolute Gasteiger partial charge is 0.0107 e. The molecule has 0 aromatic carbocycles. The van der Waals surface area contributed by atoms with E-state index in [1.54, 1.807) is 0 Å². The molecule has 2 N–H and O–H groups in total. The minimum atomic E-state index is 1.18. The Morgan fingerprint density at radius 1 is 0.625 bits per heavy atom. The zero-order valence-electron chi connectivity index (χ0n) is 10.4. The van der Waals surface area contributed by atoms with Crippen LogP contribution in [0.1, 0.15) is 12.8 Å². The third kappa shape index (κ3) is 4.37.